The molecule has 4 heteroatoms. The van der Waals surface area contributed by atoms with Gasteiger partial charge in [0.1, 0.15) is 5.00 Å². The number of fused-ring (bicyclic) bond motifs is 1. The van der Waals surface area contributed by atoms with E-state index in [1.54, 1.807) is 11.5 Å². The van der Waals surface area contributed by atoms with Crippen LogP contribution in [0.1, 0.15) is 13.3 Å². The second-order valence-corrected chi connectivity index (χ2v) is 6.66. The first-order valence-corrected chi connectivity index (χ1v) is 7.68. The normalized spacial score (nSPS) is 25.4. The molecule has 0 amide bonds. The van der Waals surface area contributed by atoms with E-state index in [4.69, 9.17) is 0 Å². The van der Waals surface area contributed by atoms with Crippen LogP contribution in [0.5, 0.6) is 0 Å². The molecule has 2 aromatic rings. The third-order valence-corrected chi connectivity index (χ3v) is 5.65. The van der Waals surface area contributed by atoms with Crippen LogP contribution in [-0.4, -0.2) is 22.3 Å². The summed E-state index contributed by atoms with van der Waals surface area (Å²) in [7, 11) is 0. The Balaban J connectivity index is 1.94. The summed E-state index contributed by atoms with van der Waals surface area (Å²) in [5.41, 5.74) is 1.12. The van der Waals surface area contributed by atoms with Crippen LogP contribution in [-0.2, 0) is 0 Å². The highest BCUT2D eigenvalue weighted by atomic mass is 79.9. The maximum absolute atomic E-state index is 4.52. The number of halogens is 1. The second kappa shape index (κ2) is 4.58. The largest absolute Gasteiger partial charge is 0.361 e. The van der Waals surface area contributed by atoms with Crippen LogP contribution in [0, 0.1) is 5.92 Å². The van der Waals surface area contributed by atoms with Crippen molar-refractivity contribution in [2.45, 2.75) is 18.2 Å². The molecule has 1 aliphatic rings. The first-order valence-electron chi connectivity index (χ1n) is 5.99. The minimum absolute atomic E-state index is 0.595. The fourth-order valence-corrected chi connectivity index (χ4v) is 3.82. The number of hydrogen-bond acceptors (Lipinski definition) is 3. The summed E-state index contributed by atoms with van der Waals surface area (Å²) in [5, 5.41) is 2.63. The number of piperidine rings is 1. The van der Waals surface area contributed by atoms with Crippen LogP contribution in [0.25, 0.3) is 10.9 Å². The molecule has 0 N–H and O–H groups in total. The van der Waals surface area contributed by atoms with Crippen molar-refractivity contribution >= 4 is 43.4 Å². The summed E-state index contributed by atoms with van der Waals surface area (Å²) >= 11 is 5.41. The molecule has 1 aliphatic heterocycles. The van der Waals surface area contributed by atoms with E-state index in [1.165, 1.54) is 16.8 Å². The van der Waals surface area contributed by atoms with Gasteiger partial charge in [-0.05, 0) is 36.0 Å². The van der Waals surface area contributed by atoms with Gasteiger partial charge in [-0.1, -0.05) is 35.0 Å². The third-order valence-electron chi connectivity index (χ3n) is 3.52. The standard InChI is InChI=1S/C13H15BrN2S/c1-9-6-7-16(8-11(9)14)13-10-4-2-3-5-12(10)15-17-13/h2-5,9,11H,6-8H2,1H3. The lowest BCUT2D eigenvalue weighted by atomic mass is 9.99. The van der Waals surface area contributed by atoms with Gasteiger partial charge in [-0.25, -0.2) is 0 Å². The Morgan fingerprint density at radius 3 is 3.06 bits per heavy atom. The van der Waals surface area contributed by atoms with E-state index in [-0.39, 0.29) is 0 Å². The Bertz CT molecular complexity index is 525. The van der Waals surface area contributed by atoms with Crippen LogP contribution in [0.3, 0.4) is 0 Å². The van der Waals surface area contributed by atoms with Crippen LogP contribution in [0.2, 0.25) is 0 Å². The molecule has 1 aromatic heterocycles. The fourth-order valence-electron chi connectivity index (χ4n) is 2.31. The van der Waals surface area contributed by atoms with E-state index in [2.05, 4.69) is 56.4 Å². The number of benzene rings is 1. The molecule has 2 unspecified atom stereocenters. The highest BCUT2D eigenvalue weighted by Gasteiger charge is 2.25. The average Bonchev–Trinajstić information content (AvgIpc) is 2.76. The zero-order chi connectivity index (χ0) is 11.8. The van der Waals surface area contributed by atoms with Gasteiger partial charge in [0.15, 0.2) is 0 Å². The maximum Gasteiger partial charge on any atom is 0.120 e. The van der Waals surface area contributed by atoms with E-state index in [0.717, 1.165) is 24.5 Å². The molecule has 1 fully saturated rings. The monoisotopic (exact) mass is 310 g/mol. The molecule has 90 valence electrons. The van der Waals surface area contributed by atoms with Gasteiger partial charge in [0.2, 0.25) is 0 Å². The Labute approximate surface area is 114 Å². The van der Waals surface area contributed by atoms with Crippen LogP contribution < -0.4 is 4.90 Å². The van der Waals surface area contributed by atoms with Gasteiger partial charge in [0, 0.05) is 23.3 Å². The van der Waals surface area contributed by atoms with Crippen LogP contribution in [0.15, 0.2) is 24.3 Å². The minimum Gasteiger partial charge on any atom is -0.361 e. The molecule has 0 spiro atoms. The number of alkyl halides is 1. The van der Waals surface area contributed by atoms with E-state index in [9.17, 15) is 0 Å². The number of aromatic nitrogens is 1. The molecular weight excluding hydrogens is 296 g/mol. The van der Waals surface area contributed by atoms with E-state index in [0.29, 0.717) is 4.83 Å². The molecule has 1 saturated heterocycles. The number of anilines is 1. The molecule has 0 bridgehead atoms. The lowest BCUT2D eigenvalue weighted by Gasteiger charge is -2.34. The number of nitrogens with zero attached hydrogens (tertiary/aromatic N) is 2. The van der Waals surface area contributed by atoms with E-state index >= 15 is 0 Å². The van der Waals surface area contributed by atoms with Crippen molar-refractivity contribution in [3.63, 3.8) is 0 Å². The molecule has 0 radical (unpaired) electrons. The summed E-state index contributed by atoms with van der Waals surface area (Å²) in [6.07, 6.45) is 1.25. The third kappa shape index (κ3) is 2.08. The van der Waals surface area contributed by atoms with Gasteiger partial charge >= 0.3 is 0 Å². The van der Waals surface area contributed by atoms with E-state index < -0.39 is 0 Å². The SMILES string of the molecule is CC1CCN(c2snc3ccccc23)CC1Br. The van der Waals surface area contributed by atoms with Crippen LogP contribution >= 0.6 is 27.5 Å². The van der Waals surface area contributed by atoms with Crippen molar-refractivity contribution in [1.29, 1.82) is 0 Å². The highest BCUT2D eigenvalue weighted by molar-refractivity contribution is 9.09. The molecule has 1 aromatic carbocycles. The van der Waals surface area contributed by atoms with Gasteiger partial charge in [0.05, 0.1) is 5.52 Å². The topological polar surface area (TPSA) is 16.1 Å². The Kier molecular flexibility index (Phi) is 3.09. The van der Waals surface area contributed by atoms with Gasteiger partial charge in [-0.2, -0.15) is 4.37 Å². The van der Waals surface area contributed by atoms with Crippen molar-refractivity contribution in [1.82, 2.24) is 4.37 Å². The molecular formula is C13H15BrN2S. The highest BCUT2D eigenvalue weighted by Crippen LogP contribution is 2.35. The molecule has 0 saturated carbocycles. The van der Waals surface area contributed by atoms with Crippen LogP contribution in [0.4, 0.5) is 5.00 Å². The summed E-state index contributed by atoms with van der Waals surface area (Å²) < 4.78 is 4.52. The van der Waals surface area contributed by atoms with Crippen molar-refractivity contribution in [3.05, 3.63) is 24.3 Å². The van der Waals surface area contributed by atoms with Gasteiger partial charge in [-0.15, -0.1) is 0 Å². The quantitative estimate of drug-likeness (QED) is 0.742. The molecule has 0 aliphatic carbocycles. The van der Waals surface area contributed by atoms with E-state index in [1.807, 2.05) is 0 Å². The first kappa shape index (κ1) is 11.5. The summed E-state index contributed by atoms with van der Waals surface area (Å²) in [6, 6.07) is 8.42. The zero-order valence-corrected chi connectivity index (χ0v) is 12.2. The number of hydrogen-bond donors (Lipinski definition) is 0. The molecule has 2 atom stereocenters. The van der Waals surface area contributed by atoms with Gasteiger partial charge in [-0.3, -0.25) is 0 Å². The summed E-state index contributed by atoms with van der Waals surface area (Å²) in [4.78, 5) is 3.07. The smallest absolute Gasteiger partial charge is 0.120 e. The minimum atomic E-state index is 0.595. The predicted octanol–water partition coefficient (Wildman–Crippen LogP) is 3.91. The van der Waals surface area contributed by atoms with Crippen molar-refractivity contribution in [2.75, 3.05) is 18.0 Å². The summed E-state index contributed by atoms with van der Waals surface area (Å²) in [6.45, 7) is 4.56. The number of rotatable bonds is 1. The Hall–Kier alpha value is -0.610. The first-order chi connectivity index (χ1) is 8.25. The summed E-state index contributed by atoms with van der Waals surface area (Å²) in [5.74, 6) is 0.769. The van der Waals surface area contributed by atoms with Crippen molar-refractivity contribution < 1.29 is 0 Å². The Morgan fingerprint density at radius 2 is 2.24 bits per heavy atom. The molecule has 2 heterocycles. The predicted molar refractivity (Wildman–Crippen MR) is 78.3 cm³/mol. The van der Waals surface area contributed by atoms with Crippen molar-refractivity contribution in [3.8, 4) is 0 Å². The molecule has 3 rings (SSSR count). The second-order valence-electron chi connectivity index (χ2n) is 4.73. The van der Waals surface area contributed by atoms with Gasteiger partial charge < -0.3 is 4.90 Å². The lowest BCUT2D eigenvalue weighted by Crippen LogP contribution is -2.39. The maximum atomic E-state index is 4.52. The molecule has 17 heavy (non-hydrogen) atoms. The lowest BCUT2D eigenvalue weighted by molar-refractivity contribution is 0.458. The van der Waals surface area contributed by atoms with Crippen molar-refractivity contribution in [2.24, 2.45) is 5.92 Å². The van der Waals surface area contributed by atoms with Gasteiger partial charge in [0.25, 0.3) is 0 Å². The fraction of sp³-hybridized carbons (Fsp3) is 0.462. The Morgan fingerprint density at radius 1 is 1.41 bits per heavy atom. The average molecular weight is 311 g/mol. The molecule has 2 nitrogen and oxygen atoms in total. The zero-order valence-electron chi connectivity index (χ0n) is 9.77.